The zero-order chi connectivity index (χ0) is 13.7. The van der Waals surface area contributed by atoms with Crippen molar-refractivity contribution in [3.63, 3.8) is 0 Å². The summed E-state index contributed by atoms with van der Waals surface area (Å²) < 4.78 is 5.40. The van der Waals surface area contributed by atoms with E-state index in [4.69, 9.17) is 9.52 Å². The number of aryl methyl sites for hydroxylation is 1. The van der Waals surface area contributed by atoms with Gasteiger partial charge in [0.05, 0.1) is 0 Å². The Morgan fingerprint density at radius 3 is 2.68 bits per heavy atom. The van der Waals surface area contributed by atoms with Gasteiger partial charge in [0.25, 0.3) is 0 Å². The average Bonchev–Trinajstić information content (AvgIpc) is 2.87. The van der Waals surface area contributed by atoms with E-state index in [-0.39, 0.29) is 12.2 Å². The van der Waals surface area contributed by atoms with E-state index >= 15 is 0 Å². The maximum Gasteiger partial charge on any atom is 0.303 e. The summed E-state index contributed by atoms with van der Waals surface area (Å²) in [5, 5.41) is 8.66. The summed E-state index contributed by atoms with van der Waals surface area (Å²) in [4.78, 5) is 21.2. The molecule has 0 spiro atoms. The number of aldehydes is 1. The number of benzene rings is 1. The van der Waals surface area contributed by atoms with Gasteiger partial charge in [-0.1, -0.05) is 24.3 Å². The predicted molar refractivity (Wildman–Crippen MR) is 70.1 cm³/mol. The third-order valence-electron chi connectivity index (χ3n) is 2.86. The van der Waals surface area contributed by atoms with E-state index in [1.807, 2.05) is 24.3 Å². The molecule has 0 fully saturated rings. The SMILES string of the molecule is O=Cc1ccc(-c2ccccc2CCCC(=O)O)o1. The first-order chi connectivity index (χ1) is 9.20. The topological polar surface area (TPSA) is 67.5 Å². The molecule has 0 saturated carbocycles. The highest BCUT2D eigenvalue weighted by Crippen LogP contribution is 2.26. The number of hydrogen-bond donors (Lipinski definition) is 1. The number of carbonyl (C=O) groups is 2. The lowest BCUT2D eigenvalue weighted by molar-refractivity contribution is -0.137. The molecule has 0 saturated heterocycles. The Balaban J connectivity index is 2.20. The molecule has 1 N–H and O–H groups in total. The quantitative estimate of drug-likeness (QED) is 0.808. The summed E-state index contributed by atoms with van der Waals surface area (Å²) >= 11 is 0. The van der Waals surface area contributed by atoms with E-state index < -0.39 is 5.97 Å². The molecule has 19 heavy (non-hydrogen) atoms. The highest BCUT2D eigenvalue weighted by molar-refractivity contribution is 5.73. The number of furan rings is 1. The van der Waals surface area contributed by atoms with Crippen LogP contribution in [0.3, 0.4) is 0 Å². The number of hydrogen-bond acceptors (Lipinski definition) is 3. The smallest absolute Gasteiger partial charge is 0.303 e. The summed E-state index contributed by atoms with van der Waals surface area (Å²) in [6.07, 6.45) is 2.05. The van der Waals surface area contributed by atoms with E-state index in [1.165, 1.54) is 0 Å². The molecule has 1 aromatic heterocycles. The molecule has 1 aromatic carbocycles. The summed E-state index contributed by atoms with van der Waals surface area (Å²) in [5.41, 5.74) is 1.93. The van der Waals surface area contributed by atoms with Crippen molar-refractivity contribution in [2.75, 3.05) is 0 Å². The lowest BCUT2D eigenvalue weighted by atomic mass is 10.0. The molecule has 4 heteroatoms. The number of carboxylic acid groups (broad SMARTS) is 1. The monoisotopic (exact) mass is 258 g/mol. The van der Waals surface area contributed by atoms with Crippen LogP contribution in [0.5, 0.6) is 0 Å². The Morgan fingerprint density at radius 1 is 1.21 bits per heavy atom. The van der Waals surface area contributed by atoms with Gasteiger partial charge in [-0.25, -0.2) is 0 Å². The molecule has 0 radical (unpaired) electrons. The first kappa shape index (κ1) is 13.1. The summed E-state index contributed by atoms with van der Waals surface area (Å²) in [6.45, 7) is 0. The van der Waals surface area contributed by atoms with Gasteiger partial charge in [0.1, 0.15) is 5.76 Å². The van der Waals surface area contributed by atoms with Crippen LogP contribution < -0.4 is 0 Å². The van der Waals surface area contributed by atoms with E-state index in [0.717, 1.165) is 11.1 Å². The fourth-order valence-corrected chi connectivity index (χ4v) is 1.97. The van der Waals surface area contributed by atoms with Crippen molar-refractivity contribution in [3.8, 4) is 11.3 Å². The van der Waals surface area contributed by atoms with Gasteiger partial charge in [0, 0.05) is 12.0 Å². The zero-order valence-corrected chi connectivity index (χ0v) is 10.3. The Bertz CT molecular complexity index is 583. The fourth-order valence-electron chi connectivity index (χ4n) is 1.97. The minimum Gasteiger partial charge on any atom is -0.481 e. The van der Waals surface area contributed by atoms with Crippen LogP contribution in [0, 0.1) is 0 Å². The Hall–Kier alpha value is -2.36. The van der Waals surface area contributed by atoms with E-state index in [0.29, 0.717) is 24.9 Å². The molecule has 0 aliphatic rings. The first-order valence-electron chi connectivity index (χ1n) is 6.06. The van der Waals surface area contributed by atoms with Crippen LogP contribution in [-0.4, -0.2) is 17.4 Å². The minimum absolute atomic E-state index is 0.145. The van der Waals surface area contributed by atoms with E-state index in [2.05, 4.69) is 0 Å². The molecule has 2 aromatic rings. The van der Waals surface area contributed by atoms with Gasteiger partial charge in [-0.2, -0.15) is 0 Å². The normalized spacial score (nSPS) is 10.3. The second kappa shape index (κ2) is 6.00. The van der Waals surface area contributed by atoms with Crippen molar-refractivity contribution in [1.29, 1.82) is 0 Å². The summed E-state index contributed by atoms with van der Waals surface area (Å²) in [5.74, 6) is 0.127. The Labute approximate surface area is 110 Å². The van der Waals surface area contributed by atoms with Crippen LogP contribution in [0.15, 0.2) is 40.8 Å². The predicted octanol–water partition coefficient (Wildman–Crippen LogP) is 3.17. The van der Waals surface area contributed by atoms with Crippen molar-refractivity contribution < 1.29 is 19.1 Å². The number of carbonyl (C=O) groups excluding carboxylic acids is 1. The third-order valence-corrected chi connectivity index (χ3v) is 2.86. The molecule has 1 heterocycles. The highest BCUT2D eigenvalue weighted by Gasteiger charge is 2.09. The van der Waals surface area contributed by atoms with Crippen LogP contribution in [0.25, 0.3) is 11.3 Å². The van der Waals surface area contributed by atoms with Gasteiger partial charge in [-0.3, -0.25) is 9.59 Å². The van der Waals surface area contributed by atoms with Gasteiger partial charge in [-0.05, 0) is 30.5 Å². The van der Waals surface area contributed by atoms with E-state index in [1.54, 1.807) is 12.1 Å². The molecule has 4 nitrogen and oxygen atoms in total. The average molecular weight is 258 g/mol. The van der Waals surface area contributed by atoms with Gasteiger partial charge in [-0.15, -0.1) is 0 Å². The molecule has 0 amide bonds. The van der Waals surface area contributed by atoms with Gasteiger partial charge >= 0.3 is 5.97 Å². The van der Waals surface area contributed by atoms with Crippen molar-refractivity contribution in [2.24, 2.45) is 0 Å². The van der Waals surface area contributed by atoms with Gasteiger partial charge < -0.3 is 9.52 Å². The second-order valence-corrected chi connectivity index (χ2v) is 4.22. The standard InChI is InChI=1S/C15H14O4/c16-10-12-8-9-14(19-12)13-6-2-1-4-11(13)5-3-7-15(17)18/h1-2,4,6,8-10H,3,5,7H2,(H,17,18). The van der Waals surface area contributed by atoms with Crippen LogP contribution in [0.2, 0.25) is 0 Å². The van der Waals surface area contributed by atoms with Crippen LogP contribution in [0.1, 0.15) is 29.0 Å². The lowest BCUT2D eigenvalue weighted by Gasteiger charge is -2.06. The minimum atomic E-state index is -0.793. The summed E-state index contributed by atoms with van der Waals surface area (Å²) in [7, 11) is 0. The maximum absolute atomic E-state index is 10.6. The maximum atomic E-state index is 10.6. The van der Waals surface area contributed by atoms with Crippen LogP contribution in [0.4, 0.5) is 0 Å². The molecule has 98 valence electrons. The lowest BCUT2D eigenvalue weighted by Crippen LogP contribution is -1.96. The number of aliphatic carboxylic acids is 1. The molecule has 0 bridgehead atoms. The van der Waals surface area contributed by atoms with Crippen LogP contribution in [-0.2, 0) is 11.2 Å². The van der Waals surface area contributed by atoms with Crippen molar-refractivity contribution in [2.45, 2.75) is 19.3 Å². The number of carboxylic acids is 1. The second-order valence-electron chi connectivity index (χ2n) is 4.22. The molecule has 0 aliphatic heterocycles. The van der Waals surface area contributed by atoms with Gasteiger partial charge in [0.2, 0.25) is 0 Å². The van der Waals surface area contributed by atoms with Crippen molar-refractivity contribution >= 4 is 12.3 Å². The Kier molecular flexibility index (Phi) is 4.13. The molecule has 0 aliphatic carbocycles. The van der Waals surface area contributed by atoms with Gasteiger partial charge in [0.15, 0.2) is 12.0 Å². The molecular formula is C15H14O4. The first-order valence-corrected chi connectivity index (χ1v) is 6.06. The summed E-state index contributed by atoms with van der Waals surface area (Å²) in [6, 6.07) is 11.0. The molecule has 2 rings (SSSR count). The highest BCUT2D eigenvalue weighted by atomic mass is 16.4. The zero-order valence-electron chi connectivity index (χ0n) is 10.3. The van der Waals surface area contributed by atoms with Crippen molar-refractivity contribution in [1.82, 2.24) is 0 Å². The molecular weight excluding hydrogens is 244 g/mol. The largest absolute Gasteiger partial charge is 0.481 e. The third kappa shape index (κ3) is 3.31. The van der Waals surface area contributed by atoms with Crippen molar-refractivity contribution in [3.05, 3.63) is 47.7 Å². The number of rotatable bonds is 6. The molecule has 0 atom stereocenters. The Morgan fingerprint density at radius 2 is 2.00 bits per heavy atom. The van der Waals surface area contributed by atoms with E-state index in [9.17, 15) is 9.59 Å². The van der Waals surface area contributed by atoms with Crippen LogP contribution >= 0.6 is 0 Å². The fraction of sp³-hybridized carbons (Fsp3) is 0.200. The molecule has 0 unspecified atom stereocenters.